The quantitative estimate of drug-likeness (QED) is 0.491. The van der Waals surface area contributed by atoms with E-state index in [2.05, 4.69) is 42.1 Å². The molecule has 0 saturated heterocycles. The Hall–Kier alpha value is -3.41. The summed E-state index contributed by atoms with van der Waals surface area (Å²) in [6.45, 7) is 4.31. The molecule has 0 atom stereocenters. The van der Waals surface area contributed by atoms with E-state index >= 15 is 0 Å². The van der Waals surface area contributed by atoms with Gasteiger partial charge in [0, 0.05) is 17.0 Å². The van der Waals surface area contributed by atoms with Crippen LogP contribution in [-0.2, 0) is 0 Å². The number of hydrogen-bond acceptors (Lipinski definition) is 3. The second-order valence-corrected chi connectivity index (χ2v) is 8.74. The van der Waals surface area contributed by atoms with Crippen molar-refractivity contribution < 1.29 is 9.59 Å². The van der Waals surface area contributed by atoms with Crippen LogP contribution in [0.2, 0.25) is 0 Å². The van der Waals surface area contributed by atoms with Crippen LogP contribution in [0.5, 0.6) is 0 Å². The van der Waals surface area contributed by atoms with Crippen molar-refractivity contribution >= 4 is 22.8 Å². The van der Waals surface area contributed by atoms with Crippen LogP contribution < -0.4 is 16.2 Å². The second kappa shape index (κ2) is 9.81. The van der Waals surface area contributed by atoms with Gasteiger partial charge in [-0.05, 0) is 36.5 Å². The van der Waals surface area contributed by atoms with Gasteiger partial charge < -0.3 is 5.32 Å². The van der Waals surface area contributed by atoms with E-state index < -0.39 is 0 Å². The lowest BCUT2D eigenvalue weighted by Crippen LogP contribution is -2.50. The van der Waals surface area contributed by atoms with Crippen molar-refractivity contribution in [1.29, 1.82) is 0 Å². The molecule has 6 heteroatoms. The summed E-state index contributed by atoms with van der Waals surface area (Å²) in [5.41, 5.74) is 9.17. The maximum Gasteiger partial charge on any atom is 0.333 e. The van der Waals surface area contributed by atoms with Gasteiger partial charge in [0.1, 0.15) is 0 Å². The lowest BCUT2D eigenvalue weighted by atomic mass is 9.96. The van der Waals surface area contributed by atoms with E-state index in [1.807, 2.05) is 36.4 Å². The van der Waals surface area contributed by atoms with Gasteiger partial charge in [0.05, 0.1) is 16.8 Å². The molecule has 1 fully saturated rings. The first-order valence-corrected chi connectivity index (χ1v) is 11.4. The number of urea groups is 1. The number of nitrogens with one attached hydrogen (secondary N) is 3. The number of rotatable bonds is 4. The van der Waals surface area contributed by atoms with Crippen LogP contribution in [0.15, 0.2) is 54.6 Å². The Bertz CT molecular complexity index is 1100. The Morgan fingerprint density at radius 1 is 0.938 bits per heavy atom. The minimum absolute atomic E-state index is 0.169. The number of para-hydroxylation sites is 1. The number of benzene rings is 2. The number of hydrogen-bond donors (Lipinski definition) is 3. The fourth-order valence-electron chi connectivity index (χ4n) is 4.20. The van der Waals surface area contributed by atoms with Gasteiger partial charge in [-0.15, -0.1) is 0 Å². The molecule has 3 amide bonds. The van der Waals surface area contributed by atoms with Gasteiger partial charge in [-0.3, -0.25) is 10.2 Å². The smallest absolute Gasteiger partial charge is 0.333 e. The Labute approximate surface area is 188 Å². The summed E-state index contributed by atoms with van der Waals surface area (Å²) in [6.07, 6.45) is 5.43. The van der Waals surface area contributed by atoms with Crippen LogP contribution in [-0.4, -0.2) is 23.0 Å². The zero-order valence-electron chi connectivity index (χ0n) is 18.7. The molecule has 1 saturated carbocycles. The van der Waals surface area contributed by atoms with E-state index in [1.54, 1.807) is 6.07 Å². The van der Waals surface area contributed by atoms with Crippen LogP contribution in [0, 0.1) is 0 Å². The molecular weight excluding hydrogens is 400 g/mol. The van der Waals surface area contributed by atoms with Crippen LogP contribution >= 0.6 is 0 Å². The predicted molar refractivity (Wildman–Crippen MR) is 127 cm³/mol. The first-order chi connectivity index (χ1) is 15.5. The van der Waals surface area contributed by atoms with E-state index in [-0.39, 0.29) is 18.0 Å². The molecule has 4 rings (SSSR count). The fraction of sp³-hybridized carbons (Fsp3) is 0.346. The number of fused-ring (bicyclic) bond motifs is 1. The molecule has 1 heterocycles. The Morgan fingerprint density at radius 2 is 1.66 bits per heavy atom. The summed E-state index contributed by atoms with van der Waals surface area (Å²) in [4.78, 5) is 30.0. The normalized spacial score (nSPS) is 14.3. The summed E-state index contributed by atoms with van der Waals surface area (Å²) < 4.78 is 0. The molecule has 3 N–H and O–H groups in total. The number of amides is 3. The Balaban J connectivity index is 1.54. The minimum atomic E-state index is -0.381. The van der Waals surface area contributed by atoms with Crippen LogP contribution in [0.4, 0.5) is 4.79 Å². The van der Waals surface area contributed by atoms with Crippen molar-refractivity contribution in [2.75, 3.05) is 0 Å². The van der Waals surface area contributed by atoms with Gasteiger partial charge in [-0.25, -0.2) is 15.2 Å². The first-order valence-electron chi connectivity index (χ1n) is 11.4. The van der Waals surface area contributed by atoms with Gasteiger partial charge in [0.15, 0.2) is 0 Å². The zero-order chi connectivity index (χ0) is 22.5. The van der Waals surface area contributed by atoms with Gasteiger partial charge in [-0.1, -0.05) is 75.6 Å². The monoisotopic (exact) mass is 430 g/mol. The van der Waals surface area contributed by atoms with Crippen molar-refractivity contribution in [2.24, 2.45) is 0 Å². The second-order valence-electron chi connectivity index (χ2n) is 8.74. The van der Waals surface area contributed by atoms with Gasteiger partial charge in [-0.2, -0.15) is 0 Å². The molecule has 0 bridgehead atoms. The molecule has 3 aromatic rings. The average Bonchev–Trinajstić information content (AvgIpc) is 2.82. The first kappa shape index (κ1) is 21.8. The number of nitrogens with zero attached hydrogens (tertiary/aromatic N) is 1. The molecular formula is C26H30N4O2. The van der Waals surface area contributed by atoms with E-state index in [1.165, 1.54) is 12.0 Å². The fourth-order valence-corrected chi connectivity index (χ4v) is 4.20. The number of aromatic nitrogens is 1. The highest BCUT2D eigenvalue weighted by atomic mass is 16.2. The molecule has 166 valence electrons. The maximum atomic E-state index is 13.0. The number of hydrazine groups is 1. The summed E-state index contributed by atoms with van der Waals surface area (Å²) in [6, 6.07) is 17.3. The maximum absolute atomic E-state index is 13.0. The van der Waals surface area contributed by atoms with Gasteiger partial charge in [0.2, 0.25) is 0 Å². The summed E-state index contributed by atoms with van der Waals surface area (Å²) in [5.74, 6) is 0.0724. The van der Waals surface area contributed by atoms with Crippen LogP contribution in [0.25, 0.3) is 22.2 Å². The molecule has 0 spiro atoms. The van der Waals surface area contributed by atoms with E-state index in [0.29, 0.717) is 11.5 Å². The molecule has 1 aromatic heterocycles. The third-order valence-electron chi connectivity index (χ3n) is 6.06. The van der Waals surface area contributed by atoms with E-state index in [9.17, 15) is 9.59 Å². The Morgan fingerprint density at radius 3 is 2.38 bits per heavy atom. The van der Waals surface area contributed by atoms with Crippen LogP contribution in [0.3, 0.4) is 0 Å². The molecule has 0 aliphatic heterocycles. The molecule has 1 aliphatic rings. The molecule has 1 aliphatic carbocycles. The highest BCUT2D eigenvalue weighted by Crippen LogP contribution is 2.26. The lowest BCUT2D eigenvalue weighted by Gasteiger charge is -2.22. The van der Waals surface area contributed by atoms with Crippen molar-refractivity contribution in [3.05, 3.63) is 65.7 Å². The SMILES string of the molecule is CC(C)c1ccc(-c2cc(C(=O)NNC(=O)NC3CCCCC3)c3ccccc3n2)cc1. The van der Waals surface area contributed by atoms with Gasteiger partial charge in [0.25, 0.3) is 5.91 Å². The standard InChI is InChI=1S/C26H30N4O2/c1-17(2)18-12-14-19(15-13-18)24-16-22(21-10-6-7-11-23(21)28-24)25(31)29-30-26(32)27-20-8-4-3-5-9-20/h6-7,10-17,20H,3-5,8-9H2,1-2H3,(H,29,31)(H2,27,30,32). The van der Waals surface area contributed by atoms with Crippen molar-refractivity contribution in [3.63, 3.8) is 0 Å². The average molecular weight is 431 g/mol. The third-order valence-corrected chi connectivity index (χ3v) is 6.06. The third kappa shape index (κ3) is 5.07. The molecule has 32 heavy (non-hydrogen) atoms. The summed E-state index contributed by atoms with van der Waals surface area (Å²) in [7, 11) is 0. The van der Waals surface area contributed by atoms with Gasteiger partial charge >= 0.3 is 6.03 Å². The zero-order valence-corrected chi connectivity index (χ0v) is 18.7. The summed E-state index contributed by atoms with van der Waals surface area (Å²) >= 11 is 0. The topological polar surface area (TPSA) is 83.1 Å². The van der Waals surface area contributed by atoms with E-state index in [0.717, 1.165) is 47.8 Å². The highest BCUT2D eigenvalue weighted by Gasteiger charge is 2.18. The van der Waals surface area contributed by atoms with Crippen molar-refractivity contribution in [2.45, 2.75) is 57.9 Å². The van der Waals surface area contributed by atoms with E-state index in [4.69, 9.17) is 4.98 Å². The predicted octanol–water partition coefficient (Wildman–Crippen LogP) is 5.30. The Kier molecular flexibility index (Phi) is 6.69. The molecule has 0 radical (unpaired) electrons. The van der Waals surface area contributed by atoms with Crippen LogP contribution in [0.1, 0.15) is 67.8 Å². The number of carbonyl (C=O) groups is 2. The largest absolute Gasteiger partial charge is 0.334 e. The van der Waals surface area contributed by atoms with Crippen molar-refractivity contribution in [1.82, 2.24) is 21.2 Å². The molecule has 2 aromatic carbocycles. The number of pyridine rings is 1. The lowest BCUT2D eigenvalue weighted by molar-refractivity contribution is 0.0937. The summed E-state index contributed by atoms with van der Waals surface area (Å²) in [5, 5.41) is 3.68. The molecule has 0 unspecified atom stereocenters. The van der Waals surface area contributed by atoms with Crippen molar-refractivity contribution in [3.8, 4) is 11.3 Å². The number of carbonyl (C=O) groups excluding carboxylic acids is 2. The minimum Gasteiger partial charge on any atom is -0.334 e. The molecule has 6 nitrogen and oxygen atoms in total. The highest BCUT2D eigenvalue weighted by molar-refractivity contribution is 6.07.